The molecule has 0 amide bonds. The monoisotopic (exact) mass is 1100 g/mol. The molecule has 410 valence electrons. The van der Waals surface area contributed by atoms with E-state index in [4.69, 9.17) is 9.47 Å². The molecule has 0 bridgehead atoms. The Balaban J connectivity index is 0.643. The maximum Gasteiger partial charge on any atom is 0.129 e. The van der Waals surface area contributed by atoms with Gasteiger partial charge in [0.25, 0.3) is 0 Å². The van der Waals surface area contributed by atoms with Gasteiger partial charge >= 0.3 is 0 Å². The second-order valence-corrected chi connectivity index (χ2v) is 22.1. The minimum absolute atomic E-state index is 0.639. The number of rotatable bonds is 12. The van der Waals surface area contributed by atoms with E-state index in [1.54, 1.807) is 0 Å². The van der Waals surface area contributed by atoms with Crippen LogP contribution in [0.2, 0.25) is 0 Å². The Morgan fingerprint density at radius 2 is 0.488 bits per heavy atom. The molecule has 10 aromatic carbocycles. The van der Waals surface area contributed by atoms with Gasteiger partial charge < -0.3 is 48.7 Å². The van der Waals surface area contributed by atoms with E-state index in [2.05, 4.69) is 284 Å². The first-order valence-corrected chi connectivity index (χ1v) is 28.7. The van der Waals surface area contributed by atoms with Crippen molar-refractivity contribution in [2.45, 2.75) is 27.7 Å². The molecule has 0 aliphatic carbocycles. The van der Waals surface area contributed by atoms with Crippen molar-refractivity contribution in [3.8, 4) is 23.0 Å². The third kappa shape index (κ3) is 9.07. The Kier molecular flexibility index (Phi) is 12.4. The first kappa shape index (κ1) is 50.3. The fourth-order valence-electron chi connectivity index (χ4n) is 12.3. The molecule has 0 N–H and O–H groups in total. The lowest BCUT2D eigenvalue weighted by Gasteiger charge is -2.25. The quantitative estimate of drug-likeness (QED) is 0.118. The molecule has 15 rings (SSSR count). The zero-order chi connectivity index (χ0) is 56.4. The summed E-state index contributed by atoms with van der Waals surface area (Å²) in [5, 5.41) is 0. The highest BCUT2D eigenvalue weighted by atomic mass is 16.5. The van der Waals surface area contributed by atoms with Gasteiger partial charge in [-0.25, -0.2) is 0 Å². The Hall–Kier alpha value is -10.7. The molecule has 11 aromatic rings. The van der Waals surface area contributed by atoms with Crippen molar-refractivity contribution < 1.29 is 9.47 Å². The number of pyridine rings is 1. The highest BCUT2D eigenvalue weighted by Gasteiger charge is 2.33. The van der Waals surface area contributed by atoms with Gasteiger partial charge in [0.2, 0.25) is 0 Å². The minimum Gasteiger partial charge on any atom is -0.457 e. The van der Waals surface area contributed by atoms with Crippen LogP contribution in [0.5, 0.6) is 23.0 Å². The predicted molar refractivity (Wildman–Crippen MR) is 344 cm³/mol. The summed E-state index contributed by atoms with van der Waals surface area (Å²) in [5.74, 6) is 3.10. The zero-order valence-electron chi connectivity index (χ0n) is 47.3. The van der Waals surface area contributed by atoms with Crippen LogP contribution in [-0.4, -0.2) is 31.7 Å². The maximum absolute atomic E-state index is 6.72. The van der Waals surface area contributed by atoms with Crippen molar-refractivity contribution >= 4 is 91.0 Å². The molecule has 11 heteroatoms. The normalized spacial score (nSPS) is 14.0. The number of aromatic nitrogens is 1. The van der Waals surface area contributed by atoms with E-state index in [0.29, 0.717) is 26.7 Å². The molecule has 0 atom stereocenters. The fraction of sp³-hybridized carbons (Fsp3) is 0.110. The van der Waals surface area contributed by atoms with Crippen molar-refractivity contribution in [1.82, 2.24) is 4.98 Å². The third-order valence-corrected chi connectivity index (χ3v) is 16.9. The zero-order valence-corrected chi connectivity index (χ0v) is 47.3. The van der Waals surface area contributed by atoms with E-state index in [1.807, 2.05) is 36.7 Å². The summed E-state index contributed by atoms with van der Waals surface area (Å²) in [7, 11) is 0. The SMILES string of the molecule is Cc1cc2c(cc1C)N(c1cccc(Oc3cccc(N4CN(c5ccc(N6CN(c7cccc(Oc8cccc(N9CN(c%10ccncc%10)c%10cc(C)c(C)cc%109)c8)c7)c7ccccc76)cc5)c5ccccc54)c3)c1)CN2c1ccccc1. The van der Waals surface area contributed by atoms with Crippen molar-refractivity contribution in [3.63, 3.8) is 0 Å². The summed E-state index contributed by atoms with van der Waals surface area (Å²) < 4.78 is 13.4. The summed E-state index contributed by atoms with van der Waals surface area (Å²) in [6, 6.07) is 84.0. The van der Waals surface area contributed by atoms with E-state index >= 15 is 0 Å². The van der Waals surface area contributed by atoms with Gasteiger partial charge in [-0.1, -0.05) is 66.7 Å². The van der Waals surface area contributed by atoms with Gasteiger partial charge in [0, 0.05) is 82.2 Å². The van der Waals surface area contributed by atoms with Crippen LogP contribution in [0.1, 0.15) is 22.3 Å². The highest BCUT2D eigenvalue weighted by Crippen LogP contribution is 2.51. The van der Waals surface area contributed by atoms with Crippen LogP contribution in [-0.2, 0) is 0 Å². The number of para-hydroxylation sites is 5. The van der Waals surface area contributed by atoms with Gasteiger partial charge in [0.05, 0.1) is 45.5 Å². The Bertz CT molecular complexity index is 4020. The Morgan fingerprint density at radius 3 is 0.821 bits per heavy atom. The van der Waals surface area contributed by atoms with Crippen molar-refractivity contribution in [2.75, 3.05) is 65.9 Å². The highest BCUT2D eigenvalue weighted by molar-refractivity contribution is 5.92. The number of anilines is 16. The van der Waals surface area contributed by atoms with E-state index < -0.39 is 0 Å². The molecule has 0 radical (unpaired) electrons. The van der Waals surface area contributed by atoms with Gasteiger partial charge in [-0.15, -0.1) is 0 Å². The summed E-state index contributed by atoms with van der Waals surface area (Å²) in [6.45, 7) is 11.4. The first-order valence-electron chi connectivity index (χ1n) is 28.7. The molecule has 0 saturated heterocycles. The lowest BCUT2D eigenvalue weighted by Crippen LogP contribution is -2.25. The number of nitrogens with zero attached hydrogens (tertiary/aromatic N) is 9. The van der Waals surface area contributed by atoms with Crippen LogP contribution in [0.25, 0.3) is 0 Å². The first-order chi connectivity index (χ1) is 41.2. The Morgan fingerprint density at radius 1 is 0.238 bits per heavy atom. The molecule has 0 saturated carbocycles. The molecular formula is C73H61N9O2. The van der Waals surface area contributed by atoms with Crippen molar-refractivity contribution in [1.29, 1.82) is 0 Å². The predicted octanol–water partition coefficient (Wildman–Crippen LogP) is 18.9. The van der Waals surface area contributed by atoms with Gasteiger partial charge in [0.1, 0.15) is 49.7 Å². The molecule has 11 nitrogen and oxygen atoms in total. The third-order valence-electron chi connectivity index (χ3n) is 16.9. The number of ether oxygens (including phenoxy) is 2. The number of benzene rings is 10. The number of hydrogen-bond acceptors (Lipinski definition) is 11. The summed E-state index contributed by atoms with van der Waals surface area (Å²) in [4.78, 5) is 23.3. The van der Waals surface area contributed by atoms with Gasteiger partial charge in [-0.2, -0.15) is 0 Å². The van der Waals surface area contributed by atoms with Crippen LogP contribution in [0, 0.1) is 27.7 Å². The lowest BCUT2D eigenvalue weighted by molar-refractivity contribution is 0.482. The van der Waals surface area contributed by atoms with E-state index in [-0.39, 0.29) is 0 Å². The van der Waals surface area contributed by atoms with Crippen molar-refractivity contribution in [2.24, 2.45) is 0 Å². The minimum atomic E-state index is 0.639. The smallest absolute Gasteiger partial charge is 0.129 e. The maximum atomic E-state index is 6.72. The molecule has 0 fully saturated rings. The molecule has 84 heavy (non-hydrogen) atoms. The van der Waals surface area contributed by atoms with Crippen molar-refractivity contribution in [3.05, 3.63) is 271 Å². The lowest BCUT2D eigenvalue weighted by atomic mass is 10.1. The topological polar surface area (TPSA) is 57.3 Å². The molecule has 0 unspecified atom stereocenters. The summed E-state index contributed by atoms with van der Waals surface area (Å²) in [6.07, 6.45) is 3.71. The molecule has 4 aliphatic heterocycles. The molecule has 5 heterocycles. The number of fused-ring (bicyclic) bond motifs is 4. The van der Waals surface area contributed by atoms with E-state index in [1.165, 1.54) is 50.7 Å². The second-order valence-electron chi connectivity index (χ2n) is 22.1. The largest absolute Gasteiger partial charge is 0.457 e. The summed E-state index contributed by atoms with van der Waals surface area (Å²) in [5.41, 5.74) is 23.1. The fourth-order valence-corrected chi connectivity index (χ4v) is 12.3. The van der Waals surface area contributed by atoms with Crippen LogP contribution in [0.4, 0.5) is 91.0 Å². The molecular weight excluding hydrogens is 1030 g/mol. The standard InChI is InChI=1S/C73H61N9O2/c1-50-38-70-72(40-52(50)3)81(48-77(70)54-16-6-5-7-17-54)60-20-14-24-64(44-60)83-62-22-12-18-58(42-62)79-46-75(66-26-8-10-28-68(66)79)55-30-32-56(33-31-55)76-47-80(69-29-11-9-27-67(69)76)59-19-13-23-63(43-59)84-65-25-15-21-61(45-65)82-49-78(57-34-36-74-37-35-57)71-39-51(2)53(4)41-73(71)82/h5-45H,46-49H2,1-4H3. The molecule has 0 spiro atoms. The Labute approximate surface area is 490 Å². The van der Waals surface area contributed by atoms with Gasteiger partial charge in [-0.3, -0.25) is 4.98 Å². The average molecular weight is 1100 g/mol. The molecule has 1 aromatic heterocycles. The second kappa shape index (κ2) is 20.7. The average Bonchev–Trinajstić information content (AvgIpc) is 3.20. The van der Waals surface area contributed by atoms with Crippen LogP contribution in [0.15, 0.2) is 249 Å². The van der Waals surface area contributed by atoms with Gasteiger partial charge in [-0.05, 0) is 196 Å². The number of hydrogen-bond donors (Lipinski definition) is 0. The van der Waals surface area contributed by atoms with Crippen LogP contribution >= 0.6 is 0 Å². The van der Waals surface area contributed by atoms with Crippen LogP contribution in [0.3, 0.4) is 0 Å². The van der Waals surface area contributed by atoms with E-state index in [9.17, 15) is 0 Å². The number of aryl methyl sites for hydroxylation is 4. The molecule has 4 aliphatic rings. The summed E-state index contributed by atoms with van der Waals surface area (Å²) >= 11 is 0. The van der Waals surface area contributed by atoms with Gasteiger partial charge in [0.15, 0.2) is 0 Å². The van der Waals surface area contributed by atoms with E-state index in [0.717, 1.165) is 85.6 Å². The van der Waals surface area contributed by atoms with Crippen LogP contribution < -0.4 is 48.7 Å².